The van der Waals surface area contributed by atoms with Gasteiger partial charge in [-0.15, -0.1) is 11.3 Å². The fourth-order valence-electron chi connectivity index (χ4n) is 2.85. The van der Waals surface area contributed by atoms with E-state index in [1.54, 1.807) is 47.4 Å². The lowest BCUT2D eigenvalue weighted by Crippen LogP contribution is -2.30. The van der Waals surface area contributed by atoms with E-state index in [-0.39, 0.29) is 17.6 Å². The van der Waals surface area contributed by atoms with Gasteiger partial charge in [0.05, 0.1) is 4.88 Å². The second kappa shape index (κ2) is 8.80. The van der Waals surface area contributed by atoms with E-state index in [1.807, 2.05) is 19.9 Å². The van der Waals surface area contributed by atoms with E-state index in [2.05, 4.69) is 5.32 Å². The molecule has 2 amide bonds. The van der Waals surface area contributed by atoms with Crippen molar-refractivity contribution in [2.24, 2.45) is 0 Å². The Hall–Kier alpha value is -2.99. The molecule has 0 saturated carbocycles. The number of benzene rings is 2. The Morgan fingerprint density at radius 2 is 1.71 bits per heavy atom. The van der Waals surface area contributed by atoms with Gasteiger partial charge in [0.25, 0.3) is 11.8 Å². The zero-order valence-electron chi connectivity index (χ0n) is 15.7. The van der Waals surface area contributed by atoms with Gasteiger partial charge >= 0.3 is 0 Å². The molecule has 1 N–H and O–H groups in total. The van der Waals surface area contributed by atoms with Gasteiger partial charge in [0.1, 0.15) is 5.82 Å². The molecule has 28 heavy (non-hydrogen) atoms. The average molecular weight is 396 g/mol. The second-order valence-electron chi connectivity index (χ2n) is 6.18. The van der Waals surface area contributed by atoms with Crippen LogP contribution in [0.15, 0.2) is 60.7 Å². The van der Waals surface area contributed by atoms with Gasteiger partial charge in [-0.05, 0) is 61.9 Å². The summed E-state index contributed by atoms with van der Waals surface area (Å²) in [6.45, 7) is 5.13. The Labute approximate surface area is 167 Å². The number of nitrogens with zero attached hydrogens (tertiary/aromatic N) is 1. The molecule has 0 aliphatic rings. The highest BCUT2D eigenvalue weighted by Gasteiger charge is 2.15. The maximum absolute atomic E-state index is 13.1. The summed E-state index contributed by atoms with van der Waals surface area (Å²) in [5.74, 6) is -0.598. The molecule has 1 aromatic heterocycles. The maximum atomic E-state index is 13.1. The molecular formula is C22H21FN2O2S. The Kier molecular flexibility index (Phi) is 6.21. The Morgan fingerprint density at radius 3 is 2.39 bits per heavy atom. The van der Waals surface area contributed by atoms with Crippen LogP contribution in [0.25, 0.3) is 10.4 Å². The first-order chi connectivity index (χ1) is 13.5. The fraction of sp³-hybridized carbons (Fsp3) is 0.182. The monoisotopic (exact) mass is 396 g/mol. The fourth-order valence-corrected chi connectivity index (χ4v) is 3.75. The van der Waals surface area contributed by atoms with Crippen molar-refractivity contribution in [1.82, 2.24) is 4.90 Å². The zero-order valence-corrected chi connectivity index (χ0v) is 16.6. The van der Waals surface area contributed by atoms with Crippen molar-refractivity contribution in [2.75, 3.05) is 18.4 Å². The summed E-state index contributed by atoms with van der Waals surface area (Å²) in [5.41, 5.74) is 1.97. The van der Waals surface area contributed by atoms with Crippen molar-refractivity contribution in [3.63, 3.8) is 0 Å². The Morgan fingerprint density at radius 1 is 1.00 bits per heavy atom. The van der Waals surface area contributed by atoms with Crippen LogP contribution in [-0.2, 0) is 0 Å². The highest BCUT2D eigenvalue weighted by Crippen LogP contribution is 2.28. The van der Waals surface area contributed by atoms with Crippen LogP contribution in [0, 0.1) is 5.82 Å². The van der Waals surface area contributed by atoms with E-state index in [1.165, 1.54) is 23.5 Å². The van der Waals surface area contributed by atoms with Gasteiger partial charge < -0.3 is 10.2 Å². The molecule has 0 atom stereocenters. The van der Waals surface area contributed by atoms with Gasteiger partial charge in [0, 0.05) is 29.2 Å². The number of rotatable bonds is 6. The third-order valence-electron chi connectivity index (χ3n) is 4.38. The van der Waals surface area contributed by atoms with Gasteiger partial charge in [0.2, 0.25) is 0 Å². The van der Waals surface area contributed by atoms with Gasteiger partial charge in [-0.25, -0.2) is 4.39 Å². The number of hydrogen-bond acceptors (Lipinski definition) is 3. The molecule has 4 nitrogen and oxygen atoms in total. The molecule has 0 aliphatic heterocycles. The molecule has 0 radical (unpaired) electrons. The molecular weight excluding hydrogens is 375 g/mol. The minimum atomic E-state index is -0.294. The molecule has 0 unspecified atom stereocenters. The highest BCUT2D eigenvalue weighted by molar-refractivity contribution is 7.17. The van der Waals surface area contributed by atoms with E-state index in [0.717, 1.165) is 10.4 Å². The lowest BCUT2D eigenvalue weighted by atomic mass is 10.1. The lowest BCUT2D eigenvalue weighted by molar-refractivity contribution is 0.0772. The molecule has 0 bridgehead atoms. The molecule has 1 heterocycles. The molecule has 0 saturated heterocycles. The number of amides is 2. The van der Waals surface area contributed by atoms with Crippen LogP contribution in [0.5, 0.6) is 0 Å². The molecule has 0 fully saturated rings. The quantitative estimate of drug-likeness (QED) is 0.616. The number of carbonyl (C=O) groups is 2. The summed E-state index contributed by atoms with van der Waals surface area (Å²) in [6.07, 6.45) is 0. The first kappa shape index (κ1) is 19.8. The number of halogens is 1. The zero-order chi connectivity index (χ0) is 20.1. The smallest absolute Gasteiger partial charge is 0.265 e. The molecule has 0 spiro atoms. The van der Waals surface area contributed by atoms with Crippen LogP contribution in [0.1, 0.15) is 33.9 Å². The second-order valence-corrected chi connectivity index (χ2v) is 7.27. The largest absolute Gasteiger partial charge is 0.339 e. The summed E-state index contributed by atoms with van der Waals surface area (Å²) in [7, 11) is 0. The first-order valence-electron chi connectivity index (χ1n) is 9.08. The predicted octanol–water partition coefficient (Wildman–Crippen LogP) is 5.29. The minimum Gasteiger partial charge on any atom is -0.339 e. The normalized spacial score (nSPS) is 10.5. The third-order valence-corrected chi connectivity index (χ3v) is 5.51. The van der Waals surface area contributed by atoms with Gasteiger partial charge in [-0.3, -0.25) is 9.59 Å². The van der Waals surface area contributed by atoms with Gasteiger partial charge in [0.15, 0.2) is 0 Å². The summed E-state index contributed by atoms with van der Waals surface area (Å²) in [4.78, 5) is 28.2. The molecule has 3 aromatic rings. The number of nitrogens with one attached hydrogen (secondary N) is 1. The van der Waals surface area contributed by atoms with Crippen molar-refractivity contribution < 1.29 is 14.0 Å². The number of carbonyl (C=O) groups excluding carboxylic acids is 2. The van der Waals surface area contributed by atoms with E-state index in [0.29, 0.717) is 29.2 Å². The molecule has 0 aliphatic carbocycles. The average Bonchev–Trinajstić information content (AvgIpc) is 3.20. The summed E-state index contributed by atoms with van der Waals surface area (Å²) in [6, 6.07) is 16.7. The molecule has 3 rings (SSSR count). The van der Waals surface area contributed by atoms with E-state index in [9.17, 15) is 14.0 Å². The standard InChI is InChI=1S/C22H21FN2O2S/c1-3-25(4-2)22(27)16-6-5-7-18(14-16)24-21(26)20-13-12-19(28-20)15-8-10-17(23)11-9-15/h5-14H,3-4H2,1-2H3,(H,24,26). The number of thiophene rings is 1. The van der Waals surface area contributed by atoms with Crippen LogP contribution in [0.2, 0.25) is 0 Å². The number of hydrogen-bond donors (Lipinski definition) is 1. The van der Waals surface area contributed by atoms with Crippen LogP contribution < -0.4 is 5.32 Å². The van der Waals surface area contributed by atoms with Crippen molar-refractivity contribution in [1.29, 1.82) is 0 Å². The molecule has 6 heteroatoms. The van der Waals surface area contributed by atoms with Gasteiger partial charge in [-0.1, -0.05) is 18.2 Å². The maximum Gasteiger partial charge on any atom is 0.265 e. The van der Waals surface area contributed by atoms with Crippen molar-refractivity contribution in [3.8, 4) is 10.4 Å². The van der Waals surface area contributed by atoms with Crippen LogP contribution in [-0.4, -0.2) is 29.8 Å². The summed E-state index contributed by atoms with van der Waals surface area (Å²) >= 11 is 1.33. The Bertz CT molecular complexity index is 978. The minimum absolute atomic E-state index is 0.0594. The SMILES string of the molecule is CCN(CC)C(=O)c1cccc(NC(=O)c2ccc(-c3ccc(F)cc3)s2)c1. The molecule has 144 valence electrons. The first-order valence-corrected chi connectivity index (χ1v) is 9.90. The van der Waals surface area contributed by atoms with Gasteiger partial charge in [-0.2, -0.15) is 0 Å². The van der Waals surface area contributed by atoms with E-state index in [4.69, 9.17) is 0 Å². The van der Waals surface area contributed by atoms with Crippen LogP contribution in [0.3, 0.4) is 0 Å². The van der Waals surface area contributed by atoms with Crippen molar-refractivity contribution in [3.05, 3.63) is 76.9 Å². The van der Waals surface area contributed by atoms with E-state index < -0.39 is 0 Å². The van der Waals surface area contributed by atoms with Crippen molar-refractivity contribution >= 4 is 28.8 Å². The predicted molar refractivity (Wildman–Crippen MR) is 111 cm³/mol. The lowest BCUT2D eigenvalue weighted by Gasteiger charge is -2.18. The molecule has 2 aromatic carbocycles. The van der Waals surface area contributed by atoms with E-state index >= 15 is 0 Å². The summed E-state index contributed by atoms with van der Waals surface area (Å²) in [5, 5.41) is 2.84. The third kappa shape index (κ3) is 4.46. The summed E-state index contributed by atoms with van der Waals surface area (Å²) < 4.78 is 13.1. The van der Waals surface area contributed by atoms with Crippen LogP contribution in [0.4, 0.5) is 10.1 Å². The highest BCUT2D eigenvalue weighted by atomic mass is 32.1. The van der Waals surface area contributed by atoms with Crippen LogP contribution >= 0.6 is 11.3 Å². The Balaban J connectivity index is 1.74. The van der Waals surface area contributed by atoms with Crippen molar-refractivity contribution in [2.45, 2.75) is 13.8 Å². The number of anilines is 1. The topological polar surface area (TPSA) is 49.4 Å².